The maximum Gasteiger partial charge on any atom is 0.465 e. The minimum absolute atomic E-state index is 0.211. The lowest BCUT2D eigenvalue weighted by Crippen LogP contribution is -2.49. The Bertz CT molecular complexity index is 481. The van der Waals surface area contributed by atoms with Crippen molar-refractivity contribution >= 4 is 16.1 Å². The first kappa shape index (κ1) is 14.6. The van der Waals surface area contributed by atoms with E-state index in [-0.39, 0.29) is 12.0 Å². The third-order valence-corrected chi connectivity index (χ3v) is 4.85. The summed E-state index contributed by atoms with van der Waals surface area (Å²) in [4.78, 5) is 11.1. The second kappa shape index (κ2) is 4.37. The predicted molar refractivity (Wildman–Crippen MR) is 61.0 cm³/mol. The van der Waals surface area contributed by atoms with Gasteiger partial charge in [-0.1, -0.05) is 6.92 Å². The standard InChI is InChI=1S/C11H16F2O5S/c1-7-2-8-4-10(3-7,5-8)6-18-9(14)11(12,13)19(15,16)17/h7-8H,2-6H2,1H3,(H,15,16,17). The van der Waals surface area contributed by atoms with Crippen LogP contribution in [0.3, 0.4) is 0 Å². The highest BCUT2D eigenvalue weighted by Crippen LogP contribution is 2.57. The molecule has 0 spiro atoms. The van der Waals surface area contributed by atoms with Crippen LogP contribution in [0.2, 0.25) is 0 Å². The maximum absolute atomic E-state index is 13.0. The summed E-state index contributed by atoms with van der Waals surface area (Å²) in [5, 5.41) is -4.90. The molecular weight excluding hydrogens is 282 g/mol. The van der Waals surface area contributed by atoms with Crippen LogP contribution in [0.15, 0.2) is 0 Å². The monoisotopic (exact) mass is 298 g/mol. The Balaban J connectivity index is 1.95. The molecule has 0 saturated heterocycles. The summed E-state index contributed by atoms with van der Waals surface area (Å²) in [6.45, 7) is 1.84. The molecule has 2 bridgehead atoms. The first-order valence-corrected chi connectivity index (χ1v) is 7.52. The first-order chi connectivity index (χ1) is 8.56. The molecule has 3 saturated carbocycles. The number of rotatable bonds is 4. The lowest BCUT2D eigenvalue weighted by atomic mass is 9.52. The molecule has 0 aromatic rings. The summed E-state index contributed by atoms with van der Waals surface area (Å²) in [5.74, 6) is -1.20. The molecule has 0 aromatic carbocycles. The summed E-state index contributed by atoms with van der Waals surface area (Å²) in [6, 6.07) is 0. The maximum atomic E-state index is 13.0. The zero-order chi connectivity index (χ0) is 14.5. The molecule has 0 heterocycles. The molecule has 110 valence electrons. The largest absolute Gasteiger partial charge is 0.465 e. The average Bonchev–Trinajstić information content (AvgIpc) is 2.22. The molecule has 1 N–H and O–H groups in total. The van der Waals surface area contributed by atoms with Gasteiger partial charge in [0.2, 0.25) is 0 Å². The Morgan fingerprint density at radius 2 is 2.00 bits per heavy atom. The summed E-state index contributed by atoms with van der Waals surface area (Å²) in [5.41, 5.74) is -0.284. The van der Waals surface area contributed by atoms with Crippen LogP contribution in [0.1, 0.15) is 32.6 Å². The fourth-order valence-corrected chi connectivity index (χ4v) is 3.74. The number of alkyl halides is 2. The minimum Gasteiger partial charge on any atom is -0.460 e. The Labute approximate surface area is 110 Å². The number of carbonyl (C=O) groups excluding carboxylic acids is 1. The molecule has 0 amide bonds. The van der Waals surface area contributed by atoms with Crippen molar-refractivity contribution in [1.82, 2.24) is 0 Å². The molecule has 1 atom stereocenters. The summed E-state index contributed by atoms with van der Waals surface area (Å²) in [7, 11) is -5.78. The highest BCUT2D eigenvalue weighted by Gasteiger charge is 2.56. The van der Waals surface area contributed by atoms with Gasteiger partial charge in [-0.25, -0.2) is 4.79 Å². The number of esters is 1. The molecule has 8 heteroatoms. The second-order valence-electron chi connectivity index (χ2n) is 5.89. The van der Waals surface area contributed by atoms with E-state index in [1.807, 2.05) is 0 Å². The van der Waals surface area contributed by atoms with Crippen molar-refractivity contribution in [3.63, 3.8) is 0 Å². The van der Waals surface area contributed by atoms with E-state index in [9.17, 15) is 22.0 Å². The number of fused-ring (bicyclic) bond motifs is 2. The molecule has 0 radical (unpaired) electrons. The molecule has 3 rings (SSSR count). The van der Waals surface area contributed by atoms with E-state index in [0.717, 1.165) is 25.7 Å². The molecule has 0 aliphatic heterocycles. The highest BCUT2D eigenvalue weighted by molar-refractivity contribution is 7.87. The van der Waals surface area contributed by atoms with Crippen molar-refractivity contribution in [2.45, 2.75) is 37.9 Å². The van der Waals surface area contributed by atoms with Gasteiger partial charge in [0.15, 0.2) is 0 Å². The normalized spacial score (nSPS) is 34.5. The van der Waals surface area contributed by atoms with Crippen molar-refractivity contribution in [2.24, 2.45) is 17.3 Å². The van der Waals surface area contributed by atoms with Crippen molar-refractivity contribution in [2.75, 3.05) is 6.61 Å². The number of carbonyl (C=O) groups is 1. The van der Waals surface area contributed by atoms with E-state index in [1.54, 1.807) is 0 Å². The van der Waals surface area contributed by atoms with E-state index >= 15 is 0 Å². The van der Waals surface area contributed by atoms with E-state index < -0.39 is 21.3 Å². The fourth-order valence-electron chi connectivity index (χ4n) is 3.47. The van der Waals surface area contributed by atoms with Gasteiger partial charge in [0, 0.05) is 5.41 Å². The van der Waals surface area contributed by atoms with Gasteiger partial charge in [0.1, 0.15) is 0 Å². The summed E-state index contributed by atoms with van der Waals surface area (Å²) in [6.07, 6.45) is 3.52. The van der Waals surface area contributed by atoms with Crippen LogP contribution in [-0.2, 0) is 19.6 Å². The second-order valence-corrected chi connectivity index (χ2v) is 7.35. The van der Waals surface area contributed by atoms with Crippen molar-refractivity contribution in [3.8, 4) is 0 Å². The smallest absolute Gasteiger partial charge is 0.460 e. The van der Waals surface area contributed by atoms with Gasteiger partial charge in [-0.15, -0.1) is 0 Å². The van der Waals surface area contributed by atoms with Gasteiger partial charge in [-0.2, -0.15) is 17.2 Å². The van der Waals surface area contributed by atoms with Gasteiger partial charge in [-0.05, 0) is 37.5 Å². The average molecular weight is 298 g/mol. The minimum atomic E-state index is -5.78. The lowest BCUT2D eigenvalue weighted by molar-refractivity contribution is -0.173. The van der Waals surface area contributed by atoms with Crippen LogP contribution < -0.4 is 0 Å². The number of ether oxygens (including phenoxy) is 1. The van der Waals surface area contributed by atoms with Gasteiger partial charge >= 0.3 is 21.3 Å². The van der Waals surface area contributed by atoms with Gasteiger partial charge in [0.05, 0.1) is 6.61 Å². The third-order valence-electron chi connectivity index (χ3n) is 4.03. The van der Waals surface area contributed by atoms with E-state index in [4.69, 9.17) is 4.55 Å². The van der Waals surface area contributed by atoms with Crippen molar-refractivity contribution in [1.29, 1.82) is 0 Å². The summed E-state index contributed by atoms with van der Waals surface area (Å²) < 4.78 is 59.5. The van der Waals surface area contributed by atoms with Crippen molar-refractivity contribution < 1.29 is 31.3 Å². The number of halogens is 2. The lowest BCUT2D eigenvalue weighted by Gasteiger charge is -2.54. The third kappa shape index (κ3) is 2.60. The predicted octanol–water partition coefficient (Wildman–Crippen LogP) is 1.84. The zero-order valence-electron chi connectivity index (χ0n) is 10.4. The Morgan fingerprint density at radius 1 is 1.42 bits per heavy atom. The Hall–Kier alpha value is -0.760. The van der Waals surface area contributed by atoms with E-state index in [0.29, 0.717) is 11.8 Å². The van der Waals surface area contributed by atoms with Gasteiger partial charge < -0.3 is 4.74 Å². The molecule has 3 aliphatic carbocycles. The zero-order valence-corrected chi connectivity index (χ0v) is 11.3. The van der Waals surface area contributed by atoms with Gasteiger partial charge in [-0.3, -0.25) is 4.55 Å². The van der Waals surface area contributed by atoms with Crippen LogP contribution in [0.4, 0.5) is 8.78 Å². The number of hydrogen-bond acceptors (Lipinski definition) is 4. The fraction of sp³-hybridized carbons (Fsp3) is 0.909. The van der Waals surface area contributed by atoms with Crippen LogP contribution in [0.25, 0.3) is 0 Å². The molecular formula is C11H16F2O5S. The molecule has 3 fully saturated rings. The van der Waals surface area contributed by atoms with Crippen LogP contribution >= 0.6 is 0 Å². The molecule has 0 aromatic heterocycles. The SMILES string of the molecule is CC1CC2CC(COC(=O)C(F)(F)S(=O)(=O)O)(C1)C2. The molecule has 1 unspecified atom stereocenters. The quantitative estimate of drug-likeness (QED) is 0.632. The van der Waals surface area contributed by atoms with E-state index in [1.165, 1.54) is 0 Å². The number of hydrogen-bond donors (Lipinski definition) is 1. The van der Waals surface area contributed by atoms with Crippen LogP contribution in [0, 0.1) is 17.3 Å². The van der Waals surface area contributed by atoms with Gasteiger partial charge in [0.25, 0.3) is 0 Å². The summed E-state index contributed by atoms with van der Waals surface area (Å²) >= 11 is 0. The molecule has 3 aliphatic rings. The molecule has 19 heavy (non-hydrogen) atoms. The Morgan fingerprint density at radius 3 is 2.47 bits per heavy atom. The van der Waals surface area contributed by atoms with Crippen molar-refractivity contribution in [3.05, 3.63) is 0 Å². The van der Waals surface area contributed by atoms with Crippen LogP contribution in [-0.4, -0.2) is 30.8 Å². The Kier molecular flexibility index (Phi) is 3.37. The highest BCUT2D eigenvalue weighted by atomic mass is 32.2. The first-order valence-electron chi connectivity index (χ1n) is 6.08. The molecule has 5 nitrogen and oxygen atoms in total. The topological polar surface area (TPSA) is 80.7 Å². The van der Waals surface area contributed by atoms with E-state index in [2.05, 4.69) is 11.7 Å². The van der Waals surface area contributed by atoms with Crippen LogP contribution in [0.5, 0.6) is 0 Å².